The number of nitrogens with zero attached hydrogens (tertiary/aromatic N) is 4. The minimum absolute atomic E-state index is 0. The number of likely N-dealkylation sites (tertiary alicyclic amines) is 1. The van der Waals surface area contributed by atoms with Crippen LogP contribution in [0.1, 0.15) is 30.0 Å². The van der Waals surface area contributed by atoms with E-state index in [1.807, 2.05) is 0 Å². The number of anilines is 1. The van der Waals surface area contributed by atoms with Gasteiger partial charge in [0.1, 0.15) is 12.4 Å². The molecule has 0 spiro atoms. The van der Waals surface area contributed by atoms with Gasteiger partial charge in [0.05, 0.1) is 34.8 Å². The number of pyridine rings is 1. The fourth-order valence-electron chi connectivity index (χ4n) is 5.36. The van der Waals surface area contributed by atoms with E-state index in [0.717, 1.165) is 62.7 Å². The molecule has 0 saturated carbocycles. The Hall–Kier alpha value is -2.46. The zero-order valence-corrected chi connectivity index (χ0v) is 20.8. The van der Waals surface area contributed by atoms with Gasteiger partial charge >= 0.3 is 0 Å². The molecule has 6 rings (SSSR count). The maximum absolute atomic E-state index is 14.7. The first-order valence-corrected chi connectivity index (χ1v) is 11.6. The molecular weight excluding hydrogens is 494 g/mol. The fraction of sp³-hybridized carbons (Fsp3) is 0.458. The SMILES string of the molecule is Cl.Cl.O=c1cnc2ccc(F)c3c2n1CC3CN1CCC(NCc2cc3c(cn2)OCCN3)CC1. The molecule has 0 aliphatic carbocycles. The third-order valence-electron chi connectivity index (χ3n) is 7.04. The maximum atomic E-state index is 14.7. The maximum Gasteiger partial charge on any atom is 0.269 e. The minimum Gasteiger partial charge on any atom is -0.488 e. The number of hydrogen-bond acceptors (Lipinski definition) is 7. The van der Waals surface area contributed by atoms with Crippen molar-refractivity contribution in [3.63, 3.8) is 0 Å². The molecular formula is C24H29Cl2FN6O2. The summed E-state index contributed by atoms with van der Waals surface area (Å²) in [6, 6.07) is 5.62. The summed E-state index contributed by atoms with van der Waals surface area (Å²) < 4.78 is 22.0. The highest BCUT2D eigenvalue weighted by Crippen LogP contribution is 2.35. The highest BCUT2D eigenvalue weighted by atomic mass is 35.5. The van der Waals surface area contributed by atoms with E-state index in [2.05, 4.69) is 31.6 Å². The summed E-state index contributed by atoms with van der Waals surface area (Å²) in [5, 5.41) is 6.99. The molecule has 0 bridgehead atoms. The van der Waals surface area contributed by atoms with Crippen LogP contribution in [0, 0.1) is 5.82 Å². The molecule has 1 atom stereocenters. The smallest absolute Gasteiger partial charge is 0.269 e. The van der Waals surface area contributed by atoms with Gasteiger partial charge in [0.25, 0.3) is 5.56 Å². The lowest BCUT2D eigenvalue weighted by Crippen LogP contribution is -2.43. The van der Waals surface area contributed by atoms with Crippen LogP contribution in [-0.2, 0) is 13.1 Å². The van der Waals surface area contributed by atoms with Crippen LogP contribution < -0.4 is 20.9 Å². The summed E-state index contributed by atoms with van der Waals surface area (Å²) >= 11 is 0. The van der Waals surface area contributed by atoms with Crippen LogP contribution in [0.4, 0.5) is 10.1 Å². The number of fused-ring (bicyclic) bond motifs is 1. The predicted octanol–water partition coefficient (Wildman–Crippen LogP) is 2.93. The number of ether oxygens (including phenoxy) is 1. The van der Waals surface area contributed by atoms with Crippen molar-refractivity contribution < 1.29 is 9.13 Å². The standard InChI is InChI=1S/C24H27FN6O2.2ClH/c25-18-1-2-19-24-23(18)15(14-31(24)22(32)12-29-19)13-30-6-3-16(4-7-30)27-10-17-9-20-21(11-28-17)33-8-5-26-20;;/h1-2,9,11-12,15-16,26-27H,3-8,10,13-14H2;2*1H. The summed E-state index contributed by atoms with van der Waals surface area (Å²) in [7, 11) is 0. The number of rotatable bonds is 5. The Bertz CT molecular complexity index is 1260. The summed E-state index contributed by atoms with van der Waals surface area (Å²) in [6.07, 6.45) is 5.19. The van der Waals surface area contributed by atoms with Crippen molar-refractivity contribution in [1.29, 1.82) is 0 Å². The van der Waals surface area contributed by atoms with E-state index in [4.69, 9.17) is 4.74 Å². The highest BCUT2D eigenvalue weighted by Gasteiger charge is 2.31. The quantitative estimate of drug-likeness (QED) is 0.532. The fourth-order valence-corrected chi connectivity index (χ4v) is 5.36. The van der Waals surface area contributed by atoms with E-state index in [9.17, 15) is 9.18 Å². The zero-order valence-electron chi connectivity index (χ0n) is 19.2. The van der Waals surface area contributed by atoms with Gasteiger partial charge in [-0.05, 0) is 44.1 Å². The Labute approximate surface area is 215 Å². The molecule has 35 heavy (non-hydrogen) atoms. The van der Waals surface area contributed by atoms with Crippen LogP contribution in [0.3, 0.4) is 0 Å². The Kier molecular flexibility index (Phi) is 7.80. The van der Waals surface area contributed by atoms with Crippen molar-refractivity contribution in [2.45, 2.75) is 37.9 Å². The molecule has 1 aromatic carbocycles. The first kappa shape index (κ1) is 25.6. The van der Waals surface area contributed by atoms with Gasteiger partial charge in [-0.25, -0.2) is 9.37 Å². The first-order valence-electron chi connectivity index (χ1n) is 11.6. The van der Waals surface area contributed by atoms with Gasteiger partial charge in [-0.15, -0.1) is 24.8 Å². The summed E-state index contributed by atoms with van der Waals surface area (Å²) in [4.78, 5) is 23.4. The van der Waals surface area contributed by atoms with E-state index >= 15 is 0 Å². The van der Waals surface area contributed by atoms with Crippen molar-refractivity contribution in [3.8, 4) is 5.75 Å². The van der Waals surface area contributed by atoms with Gasteiger partial charge in [0.15, 0.2) is 5.75 Å². The number of hydrogen-bond donors (Lipinski definition) is 2. The molecule has 1 unspecified atom stereocenters. The third-order valence-corrected chi connectivity index (χ3v) is 7.04. The number of nitrogens with one attached hydrogen (secondary N) is 2. The summed E-state index contributed by atoms with van der Waals surface area (Å²) in [5.41, 5.74) is 3.86. The molecule has 3 aliphatic rings. The van der Waals surface area contributed by atoms with Gasteiger partial charge in [-0.3, -0.25) is 9.78 Å². The topological polar surface area (TPSA) is 84.3 Å². The van der Waals surface area contributed by atoms with Gasteiger partial charge in [0.2, 0.25) is 0 Å². The van der Waals surface area contributed by atoms with E-state index < -0.39 is 0 Å². The Balaban J connectivity index is 0.00000144. The van der Waals surface area contributed by atoms with E-state index in [1.54, 1.807) is 16.8 Å². The lowest BCUT2D eigenvalue weighted by Gasteiger charge is -2.34. The van der Waals surface area contributed by atoms with Gasteiger partial charge in [-0.2, -0.15) is 0 Å². The summed E-state index contributed by atoms with van der Waals surface area (Å²) in [5.74, 6) is 0.558. The Morgan fingerprint density at radius 1 is 1.17 bits per heavy atom. The molecule has 2 N–H and O–H groups in total. The van der Waals surface area contributed by atoms with Crippen LogP contribution in [0.2, 0.25) is 0 Å². The Morgan fingerprint density at radius 2 is 2.00 bits per heavy atom. The van der Waals surface area contributed by atoms with Crippen LogP contribution in [0.25, 0.3) is 11.0 Å². The van der Waals surface area contributed by atoms with Gasteiger partial charge in [-0.1, -0.05) is 0 Å². The second-order valence-electron chi connectivity index (χ2n) is 9.14. The molecule has 0 radical (unpaired) electrons. The van der Waals surface area contributed by atoms with Crippen molar-refractivity contribution in [3.05, 3.63) is 58.0 Å². The van der Waals surface area contributed by atoms with E-state index in [0.29, 0.717) is 35.8 Å². The molecule has 3 aromatic rings. The van der Waals surface area contributed by atoms with Crippen molar-refractivity contribution in [1.82, 2.24) is 24.8 Å². The van der Waals surface area contributed by atoms with Crippen molar-refractivity contribution in [2.75, 3.05) is 38.1 Å². The van der Waals surface area contributed by atoms with Gasteiger partial charge < -0.3 is 24.8 Å². The number of halogens is 3. The molecule has 5 heterocycles. The van der Waals surface area contributed by atoms with Crippen molar-refractivity contribution in [2.24, 2.45) is 0 Å². The molecule has 11 heteroatoms. The van der Waals surface area contributed by atoms with E-state index in [1.165, 1.54) is 12.3 Å². The molecule has 1 saturated heterocycles. The lowest BCUT2D eigenvalue weighted by molar-refractivity contribution is 0.184. The lowest BCUT2D eigenvalue weighted by atomic mass is 9.97. The molecule has 2 aromatic heterocycles. The molecule has 3 aliphatic heterocycles. The van der Waals surface area contributed by atoms with E-state index in [-0.39, 0.29) is 42.1 Å². The average molecular weight is 523 g/mol. The normalized spacial score (nSPS) is 19.3. The van der Waals surface area contributed by atoms with Crippen LogP contribution >= 0.6 is 24.8 Å². The second-order valence-corrected chi connectivity index (χ2v) is 9.14. The second kappa shape index (κ2) is 10.7. The number of aromatic nitrogens is 3. The minimum atomic E-state index is -0.236. The summed E-state index contributed by atoms with van der Waals surface area (Å²) in [6.45, 7) is 5.38. The predicted molar refractivity (Wildman–Crippen MR) is 138 cm³/mol. The monoisotopic (exact) mass is 522 g/mol. The Morgan fingerprint density at radius 3 is 2.83 bits per heavy atom. The third kappa shape index (κ3) is 4.95. The molecule has 1 fully saturated rings. The zero-order chi connectivity index (χ0) is 22.4. The van der Waals surface area contributed by atoms with Crippen LogP contribution in [0.15, 0.2) is 35.4 Å². The molecule has 0 amide bonds. The average Bonchev–Trinajstić information content (AvgIpc) is 3.23. The van der Waals surface area contributed by atoms with Crippen LogP contribution in [0.5, 0.6) is 5.75 Å². The number of benzene rings is 1. The van der Waals surface area contributed by atoms with Crippen LogP contribution in [-0.4, -0.2) is 58.3 Å². The highest BCUT2D eigenvalue weighted by molar-refractivity contribution is 5.85. The largest absolute Gasteiger partial charge is 0.488 e. The molecule has 8 nitrogen and oxygen atoms in total. The number of piperidine rings is 1. The van der Waals surface area contributed by atoms with Crippen molar-refractivity contribution >= 4 is 41.5 Å². The molecule has 188 valence electrons. The first-order chi connectivity index (χ1) is 16.2. The van der Waals surface area contributed by atoms with Gasteiger partial charge in [0, 0.05) is 43.7 Å².